The molecule has 0 spiro atoms. The number of benzene rings is 1. The molecular weight excluding hydrogens is 394 g/mol. The van der Waals surface area contributed by atoms with Crippen molar-refractivity contribution in [1.82, 2.24) is 18.9 Å². The molecule has 0 bridgehead atoms. The molecule has 4 heterocycles. The molecule has 0 aliphatic heterocycles. The summed E-state index contributed by atoms with van der Waals surface area (Å²) in [4.78, 5) is 35.0. The quantitative estimate of drug-likeness (QED) is 0.487. The lowest BCUT2D eigenvalue weighted by Gasteiger charge is -2.08. The minimum Gasteiger partial charge on any atom is -0.442 e. The van der Waals surface area contributed by atoms with Crippen molar-refractivity contribution >= 4 is 28.5 Å². The van der Waals surface area contributed by atoms with E-state index in [1.165, 1.54) is 10.9 Å². The molecule has 0 saturated heterocycles. The first-order valence-electron chi connectivity index (χ1n) is 9.75. The number of hydrogen-bond donors (Lipinski definition) is 1. The number of carbonyl (C=O) groups is 1. The number of nitrogens with one attached hydrogen (secondary N) is 1. The fourth-order valence-electron chi connectivity index (χ4n) is 3.75. The lowest BCUT2D eigenvalue weighted by atomic mass is 10.1. The topological polar surface area (TPSA) is 94.4 Å². The van der Waals surface area contributed by atoms with Gasteiger partial charge in [0.1, 0.15) is 34.6 Å². The highest BCUT2D eigenvalue weighted by Crippen LogP contribution is 2.31. The van der Waals surface area contributed by atoms with Gasteiger partial charge in [-0.05, 0) is 25.5 Å². The molecule has 5 aromatic rings. The van der Waals surface area contributed by atoms with E-state index in [0.717, 1.165) is 16.8 Å². The van der Waals surface area contributed by atoms with Crippen LogP contribution in [0.25, 0.3) is 28.0 Å². The molecule has 0 aliphatic rings. The number of rotatable bonds is 3. The molecule has 4 aromatic heterocycles. The number of fused-ring (bicyclic) bond motifs is 2. The monoisotopic (exact) mass is 413 g/mol. The van der Waals surface area contributed by atoms with E-state index in [2.05, 4.69) is 10.3 Å². The average molecular weight is 413 g/mol. The van der Waals surface area contributed by atoms with Crippen LogP contribution >= 0.6 is 0 Å². The minimum absolute atomic E-state index is 0.142. The largest absolute Gasteiger partial charge is 0.442 e. The predicted octanol–water partition coefficient (Wildman–Crippen LogP) is 3.71. The molecule has 154 valence electrons. The zero-order valence-electron chi connectivity index (χ0n) is 17.2. The molecule has 0 saturated carbocycles. The number of imidazole rings is 1. The van der Waals surface area contributed by atoms with Crippen LogP contribution < -0.4 is 10.9 Å². The van der Waals surface area contributed by atoms with Gasteiger partial charge in [-0.25, -0.2) is 9.97 Å². The van der Waals surface area contributed by atoms with Crippen molar-refractivity contribution in [3.8, 4) is 11.3 Å². The van der Waals surface area contributed by atoms with Gasteiger partial charge in [-0.2, -0.15) is 0 Å². The van der Waals surface area contributed by atoms with E-state index < -0.39 is 5.91 Å². The molecule has 5 rings (SSSR count). The van der Waals surface area contributed by atoms with E-state index in [9.17, 15) is 9.59 Å². The number of anilines is 1. The molecule has 8 heteroatoms. The van der Waals surface area contributed by atoms with Crippen LogP contribution in [0.1, 0.15) is 21.7 Å². The number of aryl methyl sites for hydroxylation is 3. The summed E-state index contributed by atoms with van der Waals surface area (Å²) in [5.41, 5.74) is 3.19. The lowest BCUT2D eigenvalue weighted by Crippen LogP contribution is -2.21. The van der Waals surface area contributed by atoms with Crippen LogP contribution in [0.2, 0.25) is 0 Å². The Bertz CT molecular complexity index is 1530. The predicted molar refractivity (Wildman–Crippen MR) is 117 cm³/mol. The number of pyridine rings is 1. The van der Waals surface area contributed by atoms with Crippen molar-refractivity contribution in [2.24, 2.45) is 7.05 Å². The summed E-state index contributed by atoms with van der Waals surface area (Å²) in [7, 11) is 1.58. The number of nitrogens with zero attached hydrogens (tertiary/aromatic N) is 4. The van der Waals surface area contributed by atoms with Crippen LogP contribution in [-0.2, 0) is 7.05 Å². The molecule has 31 heavy (non-hydrogen) atoms. The molecule has 0 fully saturated rings. The van der Waals surface area contributed by atoms with E-state index in [0.29, 0.717) is 17.3 Å². The van der Waals surface area contributed by atoms with Gasteiger partial charge in [-0.15, -0.1) is 0 Å². The summed E-state index contributed by atoms with van der Waals surface area (Å²) >= 11 is 0. The summed E-state index contributed by atoms with van der Waals surface area (Å²) in [5, 5.41) is 3.13. The second-order valence-corrected chi connectivity index (χ2v) is 7.39. The Balaban J connectivity index is 1.70. The summed E-state index contributed by atoms with van der Waals surface area (Å²) in [6.45, 7) is 3.61. The summed E-state index contributed by atoms with van der Waals surface area (Å²) in [6, 6.07) is 13.5. The Morgan fingerprint density at radius 1 is 1.10 bits per heavy atom. The van der Waals surface area contributed by atoms with E-state index >= 15 is 0 Å². The highest BCUT2D eigenvalue weighted by atomic mass is 16.3. The zero-order chi connectivity index (χ0) is 21.7. The van der Waals surface area contributed by atoms with Crippen LogP contribution in [0.3, 0.4) is 0 Å². The maximum absolute atomic E-state index is 13.4. The van der Waals surface area contributed by atoms with Crippen LogP contribution in [0.4, 0.5) is 5.82 Å². The number of hydrogen-bond acceptors (Lipinski definition) is 5. The molecule has 0 aliphatic carbocycles. The van der Waals surface area contributed by atoms with Crippen LogP contribution in [0, 0.1) is 13.8 Å². The Kier molecular flexibility index (Phi) is 4.21. The third-order valence-electron chi connectivity index (χ3n) is 5.30. The van der Waals surface area contributed by atoms with Gasteiger partial charge in [0, 0.05) is 18.8 Å². The van der Waals surface area contributed by atoms with Gasteiger partial charge >= 0.3 is 0 Å². The second-order valence-electron chi connectivity index (χ2n) is 7.39. The molecule has 1 aromatic carbocycles. The standard InChI is InChI=1S/C23H19N5O3/c1-13-8-7-11-28-19(13)25-18(15-9-5-4-6-10-15)20(28)26-21(29)16-14(2)31-22-17(16)23(30)27(3)12-24-22/h4-12H,1-3H3,(H,26,29). The third kappa shape index (κ3) is 2.92. The van der Waals surface area contributed by atoms with E-state index in [1.54, 1.807) is 14.0 Å². The lowest BCUT2D eigenvalue weighted by molar-refractivity contribution is 0.102. The SMILES string of the molecule is Cc1oc2ncn(C)c(=O)c2c1C(=O)Nc1c(-c2ccccc2)nc2c(C)cccn12. The average Bonchev–Trinajstić information content (AvgIpc) is 3.30. The van der Waals surface area contributed by atoms with Crippen molar-refractivity contribution < 1.29 is 9.21 Å². The van der Waals surface area contributed by atoms with Crippen molar-refractivity contribution in [2.75, 3.05) is 5.32 Å². The second kappa shape index (κ2) is 6.94. The molecular formula is C23H19N5O3. The van der Waals surface area contributed by atoms with Crippen molar-refractivity contribution in [3.05, 3.63) is 82.2 Å². The van der Waals surface area contributed by atoms with Gasteiger partial charge < -0.3 is 14.3 Å². The van der Waals surface area contributed by atoms with Gasteiger partial charge in [-0.3, -0.25) is 14.0 Å². The van der Waals surface area contributed by atoms with Crippen LogP contribution in [0.15, 0.2) is 64.2 Å². The van der Waals surface area contributed by atoms with E-state index in [-0.39, 0.29) is 22.2 Å². The third-order valence-corrected chi connectivity index (χ3v) is 5.30. The molecule has 0 atom stereocenters. The normalized spacial score (nSPS) is 11.3. The maximum Gasteiger partial charge on any atom is 0.265 e. The zero-order valence-corrected chi connectivity index (χ0v) is 17.2. The summed E-state index contributed by atoms with van der Waals surface area (Å²) < 4.78 is 8.75. The first-order chi connectivity index (χ1) is 15.0. The molecule has 0 radical (unpaired) electrons. The number of carbonyl (C=O) groups excluding carboxylic acids is 1. The first-order valence-corrected chi connectivity index (χ1v) is 9.75. The number of amides is 1. The fraction of sp³-hybridized carbons (Fsp3) is 0.130. The van der Waals surface area contributed by atoms with Gasteiger partial charge in [0.15, 0.2) is 0 Å². The Morgan fingerprint density at radius 3 is 2.65 bits per heavy atom. The summed E-state index contributed by atoms with van der Waals surface area (Å²) in [5.74, 6) is 0.390. The smallest absolute Gasteiger partial charge is 0.265 e. The molecule has 1 N–H and O–H groups in total. The van der Waals surface area contributed by atoms with Crippen molar-refractivity contribution in [2.45, 2.75) is 13.8 Å². The van der Waals surface area contributed by atoms with Gasteiger partial charge in [0.2, 0.25) is 5.71 Å². The molecule has 0 unspecified atom stereocenters. The van der Waals surface area contributed by atoms with Crippen LogP contribution in [-0.4, -0.2) is 24.8 Å². The van der Waals surface area contributed by atoms with Crippen molar-refractivity contribution in [3.63, 3.8) is 0 Å². The maximum atomic E-state index is 13.4. The first kappa shape index (κ1) is 18.8. The van der Waals surface area contributed by atoms with E-state index in [4.69, 9.17) is 9.40 Å². The van der Waals surface area contributed by atoms with Crippen molar-refractivity contribution in [1.29, 1.82) is 0 Å². The van der Waals surface area contributed by atoms with Gasteiger partial charge in [0.25, 0.3) is 11.5 Å². The highest BCUT2D eigenvalue weighted by Gasteiger charge is 2.25. The van der Waals surface area contributed by atoms with Gasteiger partial charge in [-0.1, -0.05) is 36.4 Å². The number of furan rings is 1. The number of aromatic nitrogens is 4. The van der Waals surface area contributed by atoms with Crippen LogP contribution in [0.5, 0.6) is 0 Å². The molecule has 8 nitrogen and oxygen atoms in total. The minimum atomic E-state index is -0.457. The Morgan fingerprint density at radius 2 is 1.87 bits per heavy atom. The Hall–Kier alpha value is -4.20. The fourth-order valence-corrected chi connectivity index (χ4v) is 3.75. The highest BCUT2D eigenvalue weighted by molar-refractivity contribution is 6.13. The van der Waals surface area contributed by atoms with E-state index in [1.807, 2.05) is 60.0 Å². The Labute approximate surface area is 176 Å². The van der Waals surface area contributed by atoms with Gasteiger partial charge in [0.05, 0.1) is 5.56 Å². The molecule has 1 amide bonds. The summed E-state index contributed by atoms with van der Waals surface area (Å²) in [6.07, 6.45) is 3.22.